The van der Waals surface area contributed by atoms with E-state index in [1.807, 2.05) is 32.9 Å². The van der Waals surface area contributed by atoms with Gasteiger partial charge in [-0.3, -0.25) is 14.6 Å². The number of aromatic nitrogens is 1. The van der Waals surface area contributed by atoms with Gasteiger partial charge >= 0.3 is 6.18 Å². The predicted molar refractivity (Wildman–Crippen MR) is 94.5 cm³/mol. The number of rotatable bonds is 3. The van der Waals surface area contributed by atoms with Crippen molar-refractivity contribution in [1.82, 2.24) is 4.98 Å². The molecule has 1 saturated carbocycles. The first-order valence-electron chi connectivity index (χ1n) is 8.74. The lowest BCUT2D eigenvalue weighted by atomic mass is 9.86. The second-order valence-corrected chi connectivity index (χ2v) is 7.27. The van der Waals surface area contributed by atoms with Crippen molar-refractivity contribution in [3.63, 3.8) is 0 Å². The van der Waals surface area contributed by atoms with E-state index in [-0.39, 0.29) is 24.4 Å². The van der Waals surface area contributed by atoms with Gasteiger partial charge in [0.1, 0.15) is 17.4 Å². The highest BCUT2D eigenvalue weighted by Gasteiger charge is 2.43. The van der Waals surface area contributed by atoms with E-state index in [0.29, 0.717) is 5.56 Å². The first-order chi connectivity index (χ1) is 12.6. The number of aryl methyl sites for hydroxylation is 3. The minimum Gasteiger partial charge on any atom is -0.298 e. The molecule has 0 saturated heterocycles. The Morgan fingerprint density at radius 1 is 1.07 bits per heavy atom. The van der Waals surface area contributed by atoms with Crippen LogP contribution < -0.4 is 0 Å². The average Bonchev–Trinajstić information content (AvgIpc) is 2.81. The normalized spacial score (nSPS) is 20.4. The van der Waals surface area contributed by atoms with Crippen molar-refractivity contribution in [2.45, 2.75) is 45.7 Å². The molecule has 2 unspecified atom stereocenters. The highest BCUT2D eigenvalue weighted by atomic mass is 19.4. The Labute approximate surface area is 155 Å². The van der Waals surface area contributed by atoms with E-state index in [1.165, 1.54) is 6.07 Å². The lowest BCUT2D eigenvalue weighted by Gasteiger charge is -2.16. The number of ketones is 2. The molecule has 1 aromatic carbocycles. The van der Waals surface area contributed by atoms with Crippen LogP contribution in [0.2, 0.25) is 0 Å². The highest BCUT2D eigenvalue weighted by molar-refractivity contribution is 6.15. The van der Waals surface area contributed by atoms with Gasteiger partial charge < -0.3 is 0 Å². The largest absolute Gasteiger partial charge is 0.433 e. The molecule has 1 aliphatic rings. The lowest BCUT2D eigenvalue weighted by Crippen LogP contribution is -2.19. The molecule has 0 bridgehead atoms. The molecule has 2 atom stereocenters. The standard InChI is InChI=1S/C21H20F3NO2/c1-11-6-12(2)18(13(3)7-11)19-16(26)9-15(20(19)27)8-14-4-5-17(25-10-14)21(22,23)24/h4-7,10,15,19H,8-9H2,1-3H3. The molecule has 0 spiro atoms. The number of Topliss-reactive ketones (excluding diaryl/α,β-unsaturated/α-hetero) is 2. The first kappa shape index (κ1) is 19.3. The Balaban J connectivity index is 1.83. The maximum Gasteiger partial charge on any atom is 0.433 e. The van der Waals surface area contributed by atoms with Crippen molar-refractivity contribution in [2.75, 3.05) is 0 Å². The van der Waals surface area contributed by atoms with Crippen molar-refractivity contribution >= 4 is 11.6 Å². The number of alkyl halides is 3. The van der Waals surface area contributed by atoms with Gasteiger partial charge in [0.25, 0.3) is 0 Å². The fourth-order valence-corrected chi connectivity index (χ4v) is 3.98. The molecule has 6 heteroatoms. The Bertz CT molecular complexity index is 878. The summed E-state index contributed by atoms with van der Waals surface area (Å²) >= 11 is 0. The number of nitrogens with zero attached hydrogens (tertiary/aromatic N) is 1. The summed E-state index contributed by atoms with van der Waals surface area (Å²) in [5, 5.41) is 0. The maximum absolute atomic E-state index is 12.9. The van der Waals surface area contributed by atoms with Crippen LogP contribution in [0.1, 0.15) is 45.8 Å². The number of hydrogen-bond donors (Lipinski definition) is 0. The van der Waals surface area contributed by atoms with E-state index in [0.717, 1.165) is 34.5 Å². The quantitative estimate of drug-likeness (QED) is 0.742. The Morgan fingerprint density at radius 3 is 2.22 bits per heavy atom. The summed E-state index contributed by atoms with van der Waals surface area (Å²) in [7, 11) is 0. The van der Waals surface area contributed by atoms with Crippen LogP contribution in [-0.4, -0.2) is 16.6 Å². The SMILES string of the molecule is Cc1cc(C)c(C2C(=O)CC(Cc3ccc(C(F)(F)F)nc3)C2=O)c(C)c1. The fourth-order valence-electron chi connectivity index (χ4n) is 3.98. The fraction of sp³-hybridized carbons (Fsp3) is 0.381. The number of hydrogen-bond acceptors (Lipinski definition) is 3. The average molecular weight is 375 g/mol. The molecule has 27 heavy (non-hydrogen) atoms. The van der Waals surface area contributed by atoms with Gasteiger partial charge in [0.05, 0.1) is 0 Å². The van der Waals surface area contributed by atoms with Gasteiger partial charge in [-0.1, -0.05) is 23.8 Å². The summed E-state index contributed by atoms with van der Waals surface area (Å²) in [5.41, 5.74) is 3.21. The summed E-state index contributed by atoms with van der Waals surface area (Å²) in [4.78, 5) is 28.9. The molecule has 3 nitrogen and oxygen atoms in total. The van der Waals surface area contributed by atoms with Crippen LogP contribution in [-0.2, 0) is 22.2 Å². The smallest absolute Gasteiger partial charge is 0.298 e. The van der Waals surface area contributed by atoms with Crippen molar-refractivity contribution in [2.24, 2.45) is 5.92 Å². The zero-order valence-corrected chi connectivity index (χ0v) is 15.4. The van der Waals surface area contributed by atoms with E-state index in [4.69, 9.17) is 0 Å². The van der Waals surface area contributed by atoms with Gasteiger partial charge in [0.2, 0.25) is 0 Å². The molecule has 142 valence electrons. The summed E-state index contributed by atoms with van der Waals surface area (Å²) in [6.45, 7) is 5.74. The molecule has 2 aromatic rings. The van der Waals surface area contributed by atoms with E-state index in [2.05, 4.69) is 4.98 Å². The second kappa shape index (κ2) is 6.91. The molecule has 1 aliphatic carbocycles. The molecule has 0 radical (unpaired) electrons. The lowest BCUT2D eigenvalue weighted by molar-refractivity contribution is -0.141. The van der Waals surface area contributed by atoms with E-state index in [9.17, 15) is 22.8 Å². The van der Waals surface area contributed by atoms with Crippen molar-refractivity contribution in [3.8, 4) is 0 Å². The zero-order valence-electron chi connectivity index (χ0n) is 15.4. The molecule has 0 N–H and O–H groups in total. The number of pyridine rings is 1. The predicted octanol–water partition coefficient (Wildman–Crippen LogP) is 4.51. The Hall–Kier alpha value is -2.50. The van der Waals surface area contributed by atoms with Gasteiger partial charge in [0.15, 0.2) is 5.78 Å². The molecule has 1 heterocycles. The molecular weight excluding hydrogens is 355 g/mol. The van der Waals surface area contributed by atoms with Gasteiger partial charge in [-0.05, 0) is 55.5 Å². The molecule has 1 aromatic heterocycles. The van der Waals surface area contributed by atoms with E-state index < -0.39 is 23.7 Å². The summed E-state index contributed by atoms with van der Waals surface area (Å²) in [5.74, 6) is -1.59. The summed E-state index contributed by atoms with van der Waals surface area (Å²) < 4.78 is 37.9. The minimum absolute atomic E-state index is 0.108. The third kappa shape index (κ3) is 3.80. The van der Waals surface area contributed by atoms with Crippen LogP contribution in [0.25, 0.3) is 0 Å². The van der Waals surface area contributed by atoms with Crippen LogP contribution >= 0.6 is 0 Å². The van der Waals surface area contributed by atoms with Gasteiger partial charge in [0, 0.05) is 18.5 Å². The van der Waals surface area contributed by atoms with Crippen LogP contribution in [0, 0.1) is 26.7 Å². The van der Waals surface area contributed by atoms with Crippen LogP contribution in [0.3, 0.4) is 0 Å². The number of benzene rings is 1. The topological polar surface area (TPSA) is 47.0 Å². The van der Waals surface area contributed by atoms with Gasteiger partial charge in [-0.2, -0.15) is 13.2 Å². The second-order valence-electron chi connectivity index (χ2n) is 7.27. The Morgan fingerprint density at radius 2 is 1.70 bits per heavy atom. The molecular formula is C21H20F3NO2. The molecule has 0 aliphatic heterocycles. The third-order valence-electron chi connectivity index (χ3n) is 5.08. The number of halogens is 3. The van der Waals surface area contributed by atoms with Crippen LogP contribution in [0.4, 0.5) is 13.2 Å². The van der Waals surface area contributed by atoms with Crippen molar-refractivity contribution in [1.29, 1.82) is 0 Å². The first-order valence-corrected chi connectivity index (χ1v) is 8.74. The Kier molecular flexibility index (Phi) is 4.93. The zero-order chi connectivity index (χ0) is 19.9. The highest BCUT2D eigenvalue weighted by Crippen LogP contribution is 2.37. The van der Waals surface area contributed by atoms with E-state index >= 15 is 0 Å². The van der Waals surface area contributed by atoms with Crippen molar-refractivity contribution < 1.29 is 22.8 Å². The maximum atomic E-state index is 12.9. The summed E-state index contributed by atoms with van der Waals surface area (Å²) in [6, 6.07) is 6.14. The van der Waals surface area contributed by atoms with Gasteiger partial charge in [-0.25, -0.2) is 0 Å². The monoisotopic (exact) mass is 375 g/mol. The number of carbonyl (C=O) groups is 2. The number of carbonyl (C=O) groups excluding carboxylic acids is 2. The molecule has 1 fully saturated rings. The summed E-state index contributed by atoms with van der Waals surface area (Å²) in [6.07, 6.45) is -3.03. The van der Waals surface area contributed by atoms with Crippen molar-refractivity contribution in [3.05, 3.63) is 64.0 Å². The molecule has 3 rings (SSSR count). The minimum atomic E-state index is -4.50. The van der Waals surface area contributed by atoms with Crippen LogP contribution in [0.5, 0.6) is 0 Å². The van der Waals surface area contributed by atoms with E-state index in [1.54, 1.807) is 0 Å². The van der Waals surface area contributed by atoms with Gasteiger partial charge in [-0.15, -0.1) is 0 Å². The molecule has 0 amide bonds. The van der Waals surface area contributed by atoms with Crippen LogP contribution in [0.15, 0.2) is 30.5 Å². The third-order valence-corrected chi connectivity index (χ3v) is 5.08.